The second-order valence-corrected chi connectivity index (χ2v) is 14.4. The summed E-state index contributed by atoms with van der Waals surface area (Å²) < 4.78 is 0. The quantitative estimate of drug-likeness (QED) is 0.0491. The van der Waals surface area contributed by atoms with Crippen LogP contribution in [0.1, 0.15) is 174 Å². The summed E-state index contributed by atoms with van der Waals surface area (Å²) in [6.07, 6.45) is 49.7. The first-order chi connectivity index (χ1) is 23.5. The Hall–Kier alpha value is -1.65. The van der Waals surface area contributed by atoms with Crippen molar-refractivity contribution in [2.24, 2.45) is 0 Å². The molecule has 0 spiro atoms. The van der Waals surface area contributed by atoms with Crippen LogP contribution in [0.25, 0.3) is 0 Å². The molecule has 1 amide bonds. The van der Waals surface area contributed by atoms with Crippen molar-refractivity contribution in [3.8, 4) is 0 Å². The highest BCUT2D eigenvalue weighted by molar-refractivity contribution is 5.76. The average Bonchev–Trinajstić information content (AvgIpc) is 3.08. The van der Waals surface area contributed by atoms with E-state index in [1.165, 1.54) is 128 Å². The fourth-order valence-electron chi connectivity index (χ4n) is 5.87. The van der Waals surface area contributed by atoms with Crippen LogP contribution >= 0.6 is 0 Å². The lowest BCUT2D eigenvalue weighted by Gasteiger charge is -2.25. The SMILES string of the molecule is CCCCC/C=C\C/C=C\CCCCCCCCN(CCCCCCCC/C=C\C/C=C\CCCCC)C(=O)CCN(C)CCN(C)C. The van der Waals surface area contributed by atoms with Gasteiger partial charge in [-0.15, -0.1) is 0 Å². The molecule has 0 saturated carbocycles. The van der Waals surface area contributed by atoms with Crippen LogP contribution in [-0.4, -0.2) is 74.5 Å². The van der Waals surface area contributed by atoms with Crippen molar-refractivity contribution in [2.75, 3.05) is 53.9 Å². The standard InChI is InChI=1S/C44H83N3O/c1-6-8-10-12-14-16-18-20-22-24-26-28-30-32-34-36-39-47(44(48)38-41-46(5)43-42-45(3)4)40-37-35-33-31-29-27-25-23-21-19-17-15-13-11-9-7-2/h14-17,20-23H,6-13,18-19,24-43H2,1-5H3/b16-14-,17-15-,22-20-,23-21-. The smallest absolute Gasteiger partial charge is 0.223 e. The van der Waals surface area contributed by atoms with Crippen LogP contribution in [0.3, 0.4) is 0 Å². The molecule has 0 fully saturated rings. The molecule has 0 bridgehead atoms. The van der Waals surface area contributed by atoms with Crippen molar-refractivity contribution >= 4 is 5.91 Å². The maximum Gasteiger partial charge on any atom is 0.223 e. The summed E-state index contributed by atoms with van der Waals surface area (Å²) in [7, 11) is 6.37. The summed E-state index contributed by atoms with van der Waals surface area (Å²) >= 11 is 0. The Balaban J connectivity index is 4.17. The third-order valence-electron chi connectivity index (χ3n) is 9.25. The summed E-state index contributed by atoms with van der Waals surface area (Å²) in [5.74, 6) is 0.358. The van der Waals surface area contributed by atoms with E-state index in [4.69, 9.17) is 0 Å². The second-order valence-electron chi connectivity index (χ2n) is 14.4. The van der Waals surface area contributed by atoms with Gasteiger partial charge in [-0.05, 0) is 98.2 Å². The summed E-state index contributed by atoms with van der Waals surface area (Å²) in [5.41, 5.74) is 0. The Kier molecular flexibility index (Phi) is 36.8. The first kappa shape index (κ1) is 46.4. The Labute approximate surface area is 301 Å². The third kappa shape index (κ3) is 35.7. The van der Waals surface area contributed by atoms with E-state index >= 15 is 0 Å². The third-order valence-corrected chi connectivity index (χ3v) is 9.25. The van der Waals surface area contributed by atoms with Crippen LogP contribution in [0.15, 0.2) is 48.6 Å². The normalized spacial score (nSPS) is 12.4. The summed E-state index contributed by atoms with van der Waals surface area (Å²) in [4.78, 5) is 19.9. The van der Waals surface area contributed by atoms with Crippen molar-refractivity contribution in [3.05, 3.63) is 48.6 Å². The Morgan fingerprint density at radius 3 is 1.19 bits per heavy atom. The van der Waals surface area contributed by atoms with Crippen LogP contribution in [0.4, 0.5) is 0 Å². The van der Waals surface area contributed by atoms with Crippen molar-refractivity contribution in [3.63, 3.8) is 0 Å². The highest BCUT2D eigenvalue weighted by Crippen LogP contribution is 2.12. The zero-order chi connectivity index (χ0) is 35.2. The highest BCUT2D eigenvalue weighted by atomic mass is 16.2. The predicted molar refractivity (Wildman–Crippen MR) is 216 cm³/mol. The Bertz CT molecular complexity index is 736. The van der Waals surface area contributed by atoms with Crippen LogP contribution in [0.5, 0.6) is 0 Å². The Morgan fingerprint density at radius 1 is 0.417 bits per heavy atom. The number of allylic oxidation sites excluding steroid dienone is 8. The van der Waals surface area contributed by atoms with E-state index in [1.807, 2.05) is 0 Å². The Morgan fingerprint density at radius 2 is 0.792 bits per heavy atom. The zero-order valence-corrected chi connectivity index (χ0v) is 33.1. The predicted octanol–water partition coefficient (Wildman–Crippen LogP) is 12.3. The molecule has 4 heteroatoms. The summed E-state index contributed by atoms with van der Waals surface area (Å²) in [6, 6.07) is 0. The second kappa shape index (κ2) is 38.2. The van der Waals surface area contributed by atoms with Crippen LogP contribution in [0, 0.1) is 0 Å². The van der Waals surface area contributed by atoms with E-state index in [0.717, 1.165) is 58.4 Å². The van der Waals surface area contributed by atoms with Gasteiger partial charge < -0.3 is 14.7 Å². The number of unbranched alkanes of at least 4 members (excludes halogenated alkanes) is 18. The number of rotatable bonds is 36. The minimum absolute atomic E-state index is 0.358. The van der Waals surface area contributed by atoms with Crippen molar-refractivity contribution in [2.45, 2.75) is 174 Å². The molecule has 4 nitrogen and oxygen atoms in total. The molecule has 0 heterocycles. The van der Waals surface area contributed by atoms with Gasteiger partial charge in [-0.3, -0.25) is 4.79 Å². The van der Waals surface area contributed by atoms with Gasteiger partial charge in [-0.25, -0.2) is 0 Å². The lowest BCUT2D eigenvalue weighted by atomic mass is 10.1. The van der Waals surface area contributed by atoms with Crippen molar-refractivity contribution in [1.82, 2.24) is 14.7 Å². The molecular formula is C44H83N3O. The molecule has 0 aromatic carbocycles. The van der Waals surface area contributed by atoms with Gasteiger partial charge in [0.25, 0.3) is 0 Å². The number of amides is 1. The highest BCUT2D eigenvalue weighted by Gasteiger charge is 2.14. The fourth-order valence-corrected chi connectivity index (χ4v) is 5.87. The summed E-state index contributed by atoms with van der Waals surface area (Å²) in [5, 5.41) is 0. The van der Waals surface area contributed by atoms with Crippen molar-refractivity contribution in [1.29, 1.82) is 0 Å². The molecule has 0 unspecified atom stereocenters. The minimum atomic E-state index is 0.358. The lowest BCUT2D eigenvalue weighted by Crippen LogP contribution is -2.36. The number of hydrogen-bond acceptors (Lipinski definition) is 3. The van der Waals surface area contributed by atoms with Gasteiger partial charge in [0.15, 0.2) is 0 Å². The van der Waals surface area contributed by atoms with E-state index in [-0.39, 0.29) is 0 Å². The van der Waals surface area contributed by atoms with Gasteiger partial charge in [0, 0.05) is 39.1 Å². The van der Waals surface area contributed by atoms with Crippen LogP contribution in [0.2, 0.25) is 0 Å². The number of nitrogens with zero attached hydrogens (tertiary/aromatic N) is 3. The maximum absolute atomic E-state index is 13.2. The molecular weight excluding hydrogens is 587 g/mol. The molecule has 0 N–H and O–H groups in total. The van der Waals surface area contributed by atoms with Gasteiger partial charge >= 0.3 is 0 Å². The largest absolute Gasteiger partial charge is 0.343 e. The summed E-state index contributed by atoms with van der Waals surface area (Å²) in [6.45, 7) is 9.31. The number of likely N-dealkylation sites (N-methyl/N-ethyl adjacent to an activating group) is 2. The molecule has 0 aliphatic heterocycles. The van der Waals surface area contributed by atoms with E-state index in [1.54, 1.807) is 0 Å². The topological polar surface area (TPSA) is 26.8 Å². The molecule has 0 aliphatic rings. The van der Waals surface area contributed by atoms with Gasteiger partial charge in [0.1, 0.15) is 0 Å². The number of carbonyl (C=O) groups is 1. The monoisotopic (exact) mass is 670 g/mol. The number of carbonyl (C=O) groups excluding carboxylic acids is 1. The van der Waals surface area contributed by atoms with Crippen LogP contribution < -0.4 is 0 Å². The lowest BCUT2D eigenvalue weighted by molar-refractivity contribution is -0.131. The van der Waals surface area contributed by atoms with Gasteiger partial charge in [0.05, 0.1) is 0 Å². The first-order valence-corrected chi connectivity index (χ1v) is 20.7. The molecule has 0 aliphatic carbocycles. The molecule has 280 valence electrons. The molecule has 0 rings (SSSR count). The minimum Gasteiger partial charge on any atom is -0.343 e. The molecule has 0 radical (unpaired) electrons. The van der Waals surface area contributed by atoms with Gasteiger partial charge in [-0.2, -0.15) is 0 Å². The molecule has 0 aromatic heterocycles. The van der Waals surface area contributed by atoms with Gasteiger partial charge in [-0.1, -0.05) is 140 Å². The molecule has 0 atom stereocenters. The first-order valence-electron chi connectivity index (χ1n) is 20.7. The number of hydrogen-bond donors (Lipinski definition) is 0. The maximum atomic E-state index is 13.2. The van der Waals surface area contributed by atoms with Gasteiger partial charge in [0.2, 0.25) is 5.91 Å². The van der Waals surface area contributed by atoms with Crippen LogP contribution in [-0.2, 0) is 4.79 Å². The molecule has 48 heavy (non-hydrogen) atoms. The van der Waals surface area contributed by atoms with E-state index in [2.05, 4.69) is 98.3 Å². The van der Waals surface area contributed by atoms with E-state index < -0.39 is 0 Å². The molecule has 0 aromatic rings. The molecule has 0 saturated heterocycles. The van der Waals surface area contributed by atoms with E-state index in [0.29, 0.717) is 12.3 Å². The fraction of sp³-hybridized carbons (Fsp3) is 0.795. The average molecular weight is 670 g/mol. The van der Waals surface area contributed by atoms with Crippen molar-refractivity contribution < 1.29 is 4.79 Å². The van der Waals surface area contributed by atoms with E-state index in [9.17, 15) is 4.79 Å². The zero-order valence-electron chi connectivity index (χ0n) is 33.1.